The van der Waals surface area contributed by atoms with Crippen LogP contribution < -0.4 is 18.6 Å². The number of thiocarbonyl (C=S) groups is 1. The summed E-state index contributed by atoms with van der Waals surface area (Å²) in [5.74, 6) is 0.790. The Morgan fingerprint density at radius 2 is 1.65 bits per heavy atom. The lowest BCUT2D eigenvalue weighted by atomic mass is 10.2. The van der Waals surface area contributed by atoms with Crippen molar-refractivity contribution in [3.05, 3.63) is 83.3 Å². The van der Waals surface area contributed by atoms with Crippen LogP contribution >= 0.6 is 24.0 Å². The van der Waals surface area contributed by atoms with Crippen molar-refractivity contribution in [2.75, 3.05) is 18.1 Å². The summed E-state index contributed by atoms with van der Waals surface area (Å²) in [6.07, 6.45) is 1.71. The highest BCUT2D eigenvalue weighted by Gasteiger charge is 2.33. The SMILES string of the molecule is O=C1/C(=C\c2ccc(OS(=O)(=O)c3ccc4c(c3)OCCO4)cc2)SC(=S)N1c1ccccc1. The molecule has 1 saturated heterocycles. The molecule has 0 bridgehead atoms. The number of carbonyl (C=O) groups excluding carboxylic acids is 1. The molecule has 34 heavy (non-hydrogen) atoms. The second-order valence-electron chi connectivity index (χ2n) is 7.26. The lowest BCUT2D eigenvalue weighted by Crippen LogP contribution is -2.27. The molecule has 0 aromatic heterocycles. The zero-order valence-electron chi connectivity index (χ0n) is 17.5. The number of benzene rings is 3. The fourth-order valence-corrected chi connectivity index (χ4v) is 5.64. The van der Waals surface area contributed by atoms with Gasteiger partial charge >= 0.3 is 10.1 Å². The molecule has 0 saturated carbocycles. The lowest BCUT2D eigenvalue weighted by molar-refractivity contribution is -0.113. The largest absolute Gasteiger partial charge is 0.486 e. The lowest BCUT2D eigenvalue weighted by Gasteiger charge is -2.18. The third-order valence-electron chi connectivity index (χ3n) is 4.99. The first-order valence-electron chi connectivity index (χ1n) is 10.2. The maximum Gasteiger partial charge on any atom is 0.339 e. The highest BCUT2D eigenvalue weighted by Crippen LogP contribution is 2.36. The van der Waals surface area contributed by atoms with Crippen LogP contribution in [0.15, 0.2) is 82.6 Å². The van der Waals surface area contributed by atoms with Crippen LogP contribution in [0.1, 0.15) is 5.56 Å². The van der Waals surface area contributed by atoms with Gasteiger partial charge in [0, 0.05) is 6.07 Å². The first kappa shape index (κ1) is 22.5. The molecule has 0 spiro atoms. The van der Waals surface area contributed by atoms with Crippen LogP contribution in [0.3, 0.4) is 0 Å². The number of anilines is 1. The van der Waals surface area contributed by atoms with Gasteiger partial charge in [0.05, 0.1) is 10.6 Å². The predicted octanol–water partition coefficient (Wildman–Crippen LogP) is 4.63. The highest BCUT2D eigenvalue weighted by molar-refractivity contribution is 8.27. The summed E-state index contributed by atoms with van der Waals surface area (Å²) in [4.78, 5) is 14.8. The summed E-state index contributed by atoms with van der Waals surface area (Å²) >= 11 is 6.59. The van der Waals surface area contributed by atoms with Crippen LogP contribution in [0.5, 0.6) is 17.2 Å². The van der Waals surface area contributed by atoms with Crippen molar-refractivity contribution in [2.24, 2.45) is 0 Å². The van der Waals surface area contributed by atoms with Crippen molar-refractivity contribution in [3.63, 3.8) is 0 Å². The van der Waals surface area contributed by atoms with E-state index in [9.17, 15) is 13.2 Å². The molecule has 2 aliphatic heterocycles. The Morgan fingerprint density at radius 1 is 0.941 bits per heavy atom. The number of amides is 1. The van der Waals surface area contributed by atoms with Crippen molar-refractivity contribution in [3.8, 4) is 17.2 Å². The van der Waals surface area contributed by atoms with E-state index in [1.807, 2.05) is 30.3 Å². The summed E-state index contributed by atoms with van der Waals surface area (Å²) in [6.45, 7) is 0.765. The first-order valence-corrected chi connectivity index (χ1v) is 12.8. The summed E-state index contributed by atoms with van der Waals surface area (Å²) < 4.78 is 42.0. The number of fused-ring (bicyclic) bond motifs is 1. The zero-order chi connectivity index (χ0) is 23.7. The Labute approximate surface area is 206 Å². The van der Waals surface area contributed by atoms with Gasteiger partial charge in [-0.25, -0.2) is 0 Å². The van der Waals surface area contributed by atoms with Crippen LogP contribution in [-0.2, 0) is 14.9 Å². The Hall–Kier alpha value is -3.34. The maximum absolute atomic E-state index is 12.9. The van der Waals surface area contributed by atoms with Crippen molar-refractivity contribution >= 4 is 56.1 Å². The fourth-order valence-electron chi connectivity index (χ4n) is 3.39. The van der Waals surface area contributed by atoms with Gasteiger partial charge in [-0.1, -0.05) is 54.3 Å². The van der Waals surface area contributed by atoms with E-state index in [4.69, 9.17) is 25.9 Å². The van der Waals surface area contributed by atoms with Gasteiger partial charge < -0.3 is 13.7 Å². The first-order chi connectivity index (χ1) is 16.4. The van der Waals surface area contributed by atoms with E-state index in [1.165, 1.54) is 40.9 Å². The average molecular weight is 512 g/mol. The number of hydrogen-bond donors (Lipinski definition) is 0. The molecular formula is C24H17NO6S3. The minimum Gasteiger partial charge on any atom is -0.486 e. The van der Waals surface area contributed by atoms with Crippen LogP contribution in [0.4, 0.5) is 5.69 Å². The Kier molecular flexibility index (Phi) is 6.03. The monoisotopic (exact) mass is 511 g/mol. The Morgan fingerprint density at radius 3 is 2.38 bits per heavy atom. The van der Waals surface area contributed by atoms with Gasteiger partial charge in [0.25, 0.3) is 5.91 Å². The topological polar surface area (TPSA) is 82.1 Å². The number of thioether (sulfide) groups is 1. The van der Waals surface area contributed by atoms with Crippen LogP contribution in [-0.4, -0.2) is 31.9 Å². The van der Waals surface area contributed by atoms with Crippen LogP contribution in [0.25, 0.3) is 6.08 Å². The molecule has 0 radical (unpaired) electrons. The molecule has 2 heterocycles. The molecule has 5 rings (SSSR count). The van der Waals surface area contributed by atoms with Crippen molar-refractivity contribution in [1.29, 1.82) is 0 Å². The molecule has 0 unspecified atom stereocenters. The summed E-state index contributed by atoms with van der Waals surface area (Å²) in [7, 11) is -4.07. The normalized spacial score (nSPS) is 16.7. The van der Waals surface area contributed by atoms with E-state index in [-0.39, 0.29) is 16.6 Å². The molecule has 10 heteroatoms. The maximum atomic E-state index is 12.9. The summed E-state index contributed by atoms with van der Waals surface area (Å²) in [6, 6.07) is 19.9. The molecule has 172 valence electrons. The Bertz CT molecular complexity index is 1400. The number of para-hydroxylation sites is 1. The van der Waals surface area contributed by atoms with Gasteiger partial charge in [-0.05, 0) is 48.0 Å². The number of rotatable bonds is 5. The number of carbonyl (C=O) groups is 1. The zero-order valence-corrected chi connectivity index (χ0v) is 20.0. The van der Waals surface area contributed by atoms with Gasteiger partial charge in [0.15, 0.2) is 15.8 Å². The van der Waals surface area contributed by atoms with Crippen LogP contribution in [0, 0.1) is 0 Å². The van der Waals surface area contributed by atoms with Gasteiger partial charge in [0.1, 0.15) is 23.9 Å². The predicted molar refractivity (Wildman–Crippen MR) is 134 cm³/mol. The molecule has 7 nitrogen and oxygen atoms in total. The molecule has 1 fully saturated rings. The smallest absolute Gasteiger partial charge is 0.339 e. The third kappa shape index (κ3) is 4.52. The fraction of sp³-hybridized carbons (Fsp3) is 0.0833. The third-order valence-corrected chi connectivity index (χ3v) is 7.54. The molecular weight excluding hydrogens is 494 g/mol. The Balaban J connectivity index is 1.32. The summed E-state index contributed by atoms with van der Waals surface area (Å²) in [5.41, 5.74) is 1.42. The van der Waals surface area contributed by atoms with Gasteiger partial charge in [0.2, 0.25) is 0 Å². The second kappa shape index (κ2) is 9.13. The quantitative estimate of drug-likeness (QED) is 0.279. The van der Waals surface area contributed by atoms with Gasteiger partial charge in [-0.2, -0.15) is 8.42 Å². The van der Waals surface area contributed by atoms with E-state index in [0.29, 0.717) is 45.2 Å². The minimum absolute atomic E-state index is 0.0367. The molecule has 0 N–H and O–H groups in total. The molecule has 3 aromatic rings. The standard InChI is InChI=1S/C24H17NO6S3/c26-23-22(33-24(32)25(23)17-4-2-1-3-5-17)14-16-6-8-18(9-7-16)31-34(27,28)19-10-11-20-21(15-19)30-13-12-29-20/h1-11,14-15H,12-13H2/b22-14+. The number of nitrogens with zero attached hydrogens (tertiary/aromatic N) is 1. The molecule has 1 amide bonds. The van der Waals surface area contributed by atoms with E-state index < -0.39 is 10.1 Å². The van der Waals surface area contributed by atoms with Crippen LogP contribution in [0.2, 0.25) is 0 Å². The van der Waals surface area contributed by atoms with Gasteiger partial charge in [-0.15, -0.1) is 0 Å². The number of ether oxygens (including phenoxy) is 2. The molecule has 2 aliphatic rings. The van der Waals surface area contributed by atoms with E-state index in [1.54, 1.807) is 24.3 Å². The molecule has 0 aliphatic carbocycles. The molecule has 0 atom stereocenters. The van der Waals surface area contributed by atoms with Crippen molar-refractivity contribution in [1.82, 2.24) is 0 Å². The molecule has 3 aromatic carbocycles. The second-order valence-corrected chi connectivity index (χ2v) is 10.5. The number of hydrogen-bond acceptors (Lipinski definition) is 8. The van der Waals surface area contributed by atoms with Crippen molar-refractivity contribution < 1.29 is 26.9 Å². The van der Waals surface area contributed by atoms with E-state index in [0.717, 1.165) is 0 Å². The average Bonchev–Trinajstić information content (AvgIpc) is 3.12. The van der Waals surface area contributed by atoms with Gasteiger partial charge in [-0.3, -0.25) is 9.69 Å². The van der Waals surface area contributed by atoms with Crippen molar-refractivity contribution in [2.45, 2.75) is 4.90 Å². The van der Waals surface area contributed by atoms with E-state index in [2.05, 4.69) is 0 Å². The highest BCUT2D eigenvalue weighted by atomic mass is 32.2. The van der Waals surface area contributed by atoms with E-state index >= 15 is 0 Å². The summed E-state index contributed by atoms with van der Waals surface area (Å²) in [5, 5.41) is 0. The minimum atomic E-state index is -4.07.